The van der Waals surface area contributed by atoms with E-state index >= 15 is 0 Å². The zero-order chi connectivity index (χ0) is 23.2. The summed E-state index contributed by atoms with van der Waals surface area (Å²) >= 11 is 1.31. The Morgan fingerprint density at radius 1 is 1.12 bits per heavy atom. The molecule has 7 nitrogen and oxygen atoms in total. The number of ether oxygens (including phenoxy) is 1. The molecule has 8 heteroatoms. The number of nitrogens with one attached hydrogen (secondary N) is 1. The molecule has 0 aliphatic heterocycles. The number of amides is 1. The topological polar surface area (TPSA) is 82.2 Å². The lowest BCUT2D eigenvalue weighted by atomic mass is 9.99. The fraction of sp³-hybridized carbons (Fsp3) is 0.240. The third-order valence-electron chi connectivity index (χ3n) is 5.41. The van der Waals surface area contributed by atoms with E-state index in [1.807, 2.05) is 47.0 Å². The first kappa shape index (κ1) is 22.7. The largest absolute Gasteiger partial charge is 0.497 e. The highest BCUT2D eigenvalue weighted by Crippen LogP contribution is 2.29. The van der Waals surface area contributed by atoms with E-state index in [2.05, 4.69) is 41.5 Å². The van der Waals surface area contributed by atoms with Crippen molar-refractivity contribution in [2.24, 2.45) is 0 Å². The van der Waals surface area contributed by atoms with Crippen molar-refractivity contribution in [3.63, 3.8) is 0 Å². The minimum atomic E-state index is -0.111. The minimum absolute atomic E-state index is 0.111. The van der Waals surface area contributed by atoms with Gasteiger partial charge in [0, 0.05) is 5.69 Å². The van der Waals surface area contributed by atoms with Crippen LogP contribution < -0.4 is 10.1 Å². The van der Waals surface area contributed by atoms with Crippen LogP contribution in [-0.4, -0.2) is 33.5 Å². The lowest BCUT2D eigenvalue weighted by Gasteiger charge is -2.11. The Labute approximate surface area is 197 Å². The number of carbonyl (C=O) groups is 1. The average Bonchev–Trinajstić information content (AvgIpc) is 3.53. The molecule has 0 aliphatic rings. The van der Waals surface area contributed by atoms with Crippen LogP contribution in [0.25, 0.3) is 17.3 Å². The summed E-state index contributed by atoms with van der Waals surface area (Å²) in [4.78, 5) is 12.6. The molecular weight excluding hydrogens is 436 g/mol. The molecule has 1 N–H and O–H groups in total. The fourth-order valence-electron chi connectivity index (χ4n) is 3.35. The van der Waals surface area contributed by atoms with Crippen LogP contribution in [0.15, 0.2) is 76.5 Å². The maximum absolute atomic E-state index is 12.6. The van der Waals surface area contributed by atoms with Crippen LogP contribution in [0.4, 0.5) is 5.69 Å². The monoisotopic (exact) mass is 462 g/mol. The molecule has 170 valence electrons. The predicted octanol–water partition coefficient (Wildman–Crippen LogP) is 5.78. The third-order valence-corrected chi connectivity index (χ3v) is 6.34. The van der Waals surface area contributed by atoms with E-state index in [-0.39, 0.29) is 11.7 Å². The molecule has 0 radical (unpaired) electrons. The summed E-state index contributed by atoms with van der Waals surface area (Å²) in [6.07, 6.45) is 2.67. The number of hydrogen-bond acceptors (Lipinski definition) is 6. The van der Waals surface area contributed by atoms with Crippen LogP contribution in [0.1, 0.15) is 31.7 Å². The maximum atomic E-state index is 12.6. The van der Waals surface area contributed by atoms with Gasteiger partial charge < -0.3 is 14.5 Å². The number of anilines is 1. The molecule has 1 amide bonds. The molecule has 33 heavy (non-hydrogen) atoms. The summed E-state index contributed by atoms with van der Waals surface area (Å²) in [5.41, 5.74) is 2.89. The van der Waals surface area contributed by atoms with Gasteiger partial charge in [-0.1, -0.05) is 37.7 Å². The summed E-state index contributed by atoms with van der Waals surface area (Å²) in [5, 5.41) is 12.2. The van der Waals surface area contributed by atoms with Crippen LogP contribution in [0.2, 0.25) is 0 Å². The zero-order valence-corrected chi connectivity index (χ0v) is 19.6. The second kappa shape index (κ2) is 10.4. The Bertz CT molecular complexity index is 1190. The Morgan fingerprint density at radius 3 is 2.52 bits per heavy atom. The molecule has 2 aromatic heterocycles. The number of nitrogens with zero attached hydrogens (tertiary/aromatic N) is 3. The highest BCUT2D eigenvalue weighted by Gasteiger charge is 2.19. The molecular formula is C25H26N4O3S. The molecule has 1 atom stereocenters. The molecule has 4 aromatic rings. The van der Waals surface area contributed by atoms with E-state index in [1.165, 1.54) is 17.3 Å². The third kappa shape index (κ3) is 5.28. The van der Waals surface area contributed by atoms with Crippen LogP contribution in [0.5, 0.6) is 5.75 Å². The van der Waals surface area contributed by atoms with Crippen molar-refractivity contribution < 1.29 is 13.9 Å². The summed E-state index contributed by atoms with van der Waals surface area (Å²) in [6, 6.07) is 19.2. The Kier molecular flexibility index (Phi) is 7.14. The second-order valence-electron chi connectivity index (χ2n) is 7.59. The van der Waals surface area contributed by atoms with E-state index in [4.69, 9.17) is 9.15 Å². The SMILES string of the molecule is CC[C@H](C)c1ccc(NC(=O)CSc2nnc(-c3ccco3)n2-c2ccc(OC)cc2)cc1. The summed E-state index contributed by atoms with van der Waals surface area (Å²) in [7, 11) is 1.62. The number of aromatic nitrogens is 3. The first-order valence-electron chi connectivity index (χ1n) is 10.8. The molecule has 0 saturated heterocycles. The van der Waals surface area contributed by atoms with Crippen molar-refractivity contribution in [3.05, 3.63) is 72.5 Å². The Balaban J connectivity index is 1.50. The van der Waals surface area contributed by atoms with E-state index in [1.54, 1.807) is 19.4 Å². The van der Waals surface area contributed by atoms with Crippen LogP contribution >= 0.6 is 11.8 Å². The fourth-order valence-corrected chi connectivity index (χ4v) is 4.10. The normalized spacial score (nSPS) is 11.8. The van der Waals surface area contributed by atoms with Gasteiger partial charge in [-0.25, -0.2) is 0 Å². The first-order valence-corrected chi connectivity index (χ1v) is 11.7. The number of rotatable bonds is 9. The zero-order valence-electron chi connectivity index (χ0n) is 18.8. The number of benzene rings is 2. The van der Waals surface area contributed by atoms with Gasteiger partial charge in [0.05, 0.1) is 24.8 Å². The van der Waals surface area contributed by atoms with E-state index in [9.17, 15) is 4.79 Å². The van der Waals surface area contributed by atoms with Gasteiger partial charge >= 0.3 is 0 Å². The van der Waals surface area contributed by atoms with Crippen molar-refractivity contribution >= 4 is 23.4 Å². The van der Waals surface area contributed by atoms with Gasteiger partial charge in [-0.3, -0.25) is 9.36 Å². The van der Waals surface area contributed by atoms with Gasteiger partial charge in [0.1, 0.15) is 5.75 Å². The van der Waals surface area contributed by atoms with Crippen LogP contribution in [-0.2, 0) is 4.79 Å². The van der Waals surface area contributed by atoms with Gasteiger partial charge in [0.2, 0.25) is 11.7 Å². The van der Waals surface area contributed by atoms with Crippen molar-refractivity contribution in [2.45, 2.75) is 31.3 Å². The molecule has 0 saturated carbocycles. The number of thioether (sulfide) groups is 1. The average molecular weight is 463 g/mol. The van der Waals surface area contributed by atoms with Crippen molar-refractivity contribution in [1.29, 1.82) is 0 Å². The van der Waals surface area contributed by atoms with Crippen molar-refractivity contribution in [2.75, 3.05) is 18.2 Å². The second-order valence-corrected chi connectivity index (χ2v) is 8.53. The lowest BCUT2D eigenvalue weighted by molar-refractivity contribution is -0.113. The molecule has 4 rings (SSSR count). The standard InChI is InChI=1S/C25H26N4O3S/c1-4-17(2)18-7-9-19(10-8-18)26-23(30)16-33-25-28-27-24(22-6-5-15-32-22)29(25)20-11-13-21(31-3)14-12-20/h5-15,17H,4,16H2,1-3H3,(H,26,30)/t17-/m0/s1. The Hall–Kier alpha value is -3.52. The molecule has 0 bridgehead atoms. The minimum Gasteiger partial charge on any atom is -0.497 e. The molecule has 0 fully saturated rings. The van der Waals surface area contributed by atoms with Gasteiger partial charge in [-0.2, -0.15) is 0 Å². The van der Waals surface area contributed by atoms with Crippen molar-refractivity contribution in [1.82, 2.24) is 14.8 Å². The predicted molar refractivity (Wildman–Crippen MR) is 130 cm³/mol. The van der Waals surface area contributed by atoms with Gasteiger partial charge in [-0.05, 0) is 66.4 Å². The van der Waals surface area contributed by atoms with Gasteiger partial charge in [-0.15, -0.1) is 10.2 Å². The lowest BCUT2D eigenvalue weighted by Crippen LogP contribution is -2.14. The summed E-state index contributed by atoms with van der Waals surface area (Å²) in [6.45, 7) is 4.36. The van der Waals surface area contributed by atoms with E-state index < -0.39 is 0 Å². The van der Waals surface area contributed by atoms with Crippen LogP contribution in [0, 0.1) is 0 Å². The van der Waals surface area contributed by atoms with E-state index in [0.29, 0.717) is 22.7 Å². The molecule has 0 spiro atoms. The Morgan fingerprint density at radius 2 is 1.88 bits per heavy atom. The summed E-state index contributed by atoms with van der Waals surface area (Å²) < 4.78 is 12.7. The number of hydrogen-bond donors (Lipinski definition) is 1. The number of carbonyl (C=O) groups excluding carboxylic acids is 1. The van der Waals surface area contributed by atoms with Gasteiger partial charge in [0.15, 0.2) is 10.9 Å². The van der Waals surface area contributed by atoms with Crippen molar-refractivity contribution in [3.8, 4) is 23.0 Å². The highest BCUT2D eigenvalue weighted by molar-refractivity contribution is 7.99. The number of furan rings is 1. The quantitative estimate of drug-likeness (QED) is 0.318. The summed E-state index contributed by atoms with van der Waals surface area (Å²) in [5.74, 6) is 2.49. The van der Waals surface area contributed by atoms with Crippen LogP contribution in [0.3, 0.4) is 0 Å². The molecule has 0 unspecified atom stereocenters. The van der Waals surface area contributed by atoms with Gasteiger partial charge in [0.25, 0.3) is 0 Å². The molecule has 2 aromatic carbocycles. The molecule has 2 heterocycles. The maximum Gasteiger partial charge on any atom is 0.234 e. The van der Waals surface area contributed by atoms with E-state index in [0.717, 1.165) is 23.5 Å². The smallest absolute Gasteiger partial charge is 0.234 e. The highest BCUT2D eigenvalue weighted by atomic mass is 32.2. The first-order chi connectivity index (χ1) is 16.1. The number of methoxy groups -OCH3 is 1. The molecule has 0 aliphatic carbocycles.